The zero-order valence-electron chi connectivity index (χ0n) is 14.4. The molecule has 0 spiro atoms. The average Bonchev–Trinajstić information content (AvgIpc) is 3.34. The van der Waals surface area contributed by atoms with Crippen molar-refractivity contribution in [2.24, 2.45) is 0 Å². The molecule has 0 aliphatic carbocycles. The molecule has 27 heavy (non-hydrogen) atoms. The number of H-pyrrole nitrogens is 1. The lowest BCUT2D eigenvalue weighted by molar-refractivity contribution is 0.102. The molecule has 1 amide bonds. The van der Waals surface area contributed by atoms with E-state index in [4.69, 9.17) is 9.47 Å². The summed E-state index contributed by atoms with van der Waals surface area (Å²) in [5.74, 6) is 1.21. The Morgan fingerprint density at radius 2 is 2.11 bits per heavy atom. The highest BCUT2D eigenvalue weighted by molar-refractivity contribution is 7.14. The number of benzene rings is 1. The number of anilines is 1. The zero-order chi connectivity index (χ0) is 18.2. The van der Waals surface area contributed by atoms with Crippen molar-refractivity contribution in [1.82, 2.24) is 20.5 Å². The molecule has 0 fully saturated rings. The van der Waals surface area contributed by atoms with E-state index in [2.05, 4.69) is 25.8 Å². The van der Waals surface area contributed by atoms with Gasteiger partial charge in [-0.3, -0.25) is 15.2 Å². The summed E-state index contributed by atoms with van der Waals surface area (Å²) >= 11 is 1.38. The summed E-state index contributed by atoms with van der Waals surface area (Å²) in [5, 5.41) is 15.7. The maximum atomic E-state index is 12.6. The molecular weight excluding hydrogens is 366 g/mol. The number of thiazole rings is 1. The van der Waals surface area contributed by atoms with Gasteiger partial charge >= 0.3 is 0 Å². The molecule has 0 radical (unpaired) electrons. The molecule has 4 heterocycles. The van der Waals surface area contributed by atoms with Crippen LogP contribution in [0.2, 0.25) is 0 Å². The van der Waals surface area contributed by atoms with E-state index in [1.54, 1.807) is 0 Å². The minimum Gasteiger partial charge on any atom is -0.486 e. The van der Waals surface area contributed by atoms with Crippen LogP contribution in [0.5, 0.6) is 11.5 Å². The predicted molar refractivity (Wildman–Crippen MR) is 100 cm³/mol. The van der Waals surface area contributed by atoms with Gasteiger partial charge in [0.15, 0.2) is 22.3 Å². The molecule has 8 nitrogen and oxygen atoms in total. The van der Waals surface area contributed by atoms with Crippen molar-refractivity contribution in [2.45, 2.75) is 13.0 Å². The van der Waals surface area contributed by atoms with Crippen LogP contribution in [0, 0.1) is 0 Å². The van der Waals surface area contributed by atoms with E-state index in [9.17, 15) is 4.79 Å². The fourth-order valence-corrected chi connectivity index (χ4v) is 3.95. The van der Waals surface area contributed by atoms with Crippen LogP contribution in [0.3, 0.4) is 0 Å². The van der Waals surface area contributed by atoms with Gasteiger partial charge in [0.25, 0.3) is 5.91 Å². The number of aromatic nitrogens is 3. The standard InChI is InChI=1S/C18H17N5O3S/c24-17(16-11-8-19-4-3-12(11)22-23-16)21-18-20-13(9-27-18)10-1-2-14-15(7-10)26-6-5-25-14/h1-2,7,9,19H,3-6,8H2,(H,22,23)(H,20,21,24). The van der Waals surface area contributed by atoms with Gasteiger partial charge in [-0.25, -0.2) is 4.98 Å². The van der Waals surface area contributed by atoms with Gasteiger partial charge in [0.1, 0.15) is 13.2 Å². The second-order valence-electron chi connectivity index (χ2n) is 6.31. The molecule has 5 rings (SSSR count). The maximum absolute atomic E-state index is 12.6. The van der Waals surface area contributed by atoms with E-state index >= 15 is 0 Å². The molecule has 2 aliphatic rings. The lowest BCUT2D eigenvalue weighted by atomic mass is 10.1. The first kappa shape index (κ1) is 16.3. The lowest BCUT2D eigenvalue weighted by Crippen LogP contribution is -2.25. The first-order valence-corrected chi connectivity index (χ1v) is 9.59. The van der Waals surface area contributed by atoms with Gasteiger partial charge in [0.05, 0.1) is 5.69 Å². The number of carbonyl (C=O) groups is 1. The Morgan fingerprint density at radius 1 is 1.22 bits per heavy atom. The summed E-state index contributed by atoms with van der Waals surface area (Å²) in [7, 11) is 0. The number of amides is 1. The summed E-state index contributed by atoms with van der Waals surface area (Å²) in [6.45, 7) is 2.64. The van der Waals surface area contributed by atoms with Crippen LogP contribution in [0.1, 0.15) is 21.7 Å². The molecule has 0 saturated carbocycles. The second-order valence-corrected chi connectivity index (χ2v) is 7.16. The molecule has 0 saturated heterocycles. The fourth-order valence-electron chi connectivity index (χ4n) is 3.24. The van der Waals surface area contributed by atoms with Gasteiger partial charge in [0.2, 0.25) is 0 Å². The maximum Gasteiger partial charge on any atom is 0.278 e. The quantitative estimate of drug-likeness (QED) is 0.641. The van der Waals surface area contributed by atoms with Gasteiger partial charge in [0, 0.05) is 41.7 Å². The molecule has 0 atom stereocenters. The van der Waals surface area contributed by atoms with Crippen molar-refractivity contribution in [3.05, 3.63) is 40.5 Å². The van der Waals surface area contributed by atoms with Crippen molar-refractivity contribution < 1.29 is 14.3 Å². The Morgan fingerprint density at radius 3 is 3.04 bits per heavy atom. The number of fused-ring (bicyclic) bond motifs is 2. The SMILES string of the molecule is O=C(Nc1nc(-c2ccc3c(c2)OCCO3)cs1)c1n[nH]c2c1CNCC2. The summed E-state index contributed by atoms with van der Waals surface area (Å²) in [4.78, 5) is 17.1. The topological polar surface area (TPSA) is 101 Å². The third-order valence-electron chi connectivity index (χ3n) is 4.58. The van der Waals surface area contributed by atoms with Crippen molar-refractivity contribution in [3.63, 3.8) is 0 Å². The van der Waals surface area contributed by atoms with Gasteiger partial charge < -0.3 is 14.8 Å². The molecule has 9 heteroatoms. The number of hydrogen-bond donors (Lipinski definition) is 3. The Kier molecular flexibility index (Phi) is 4.02. The van der Waals surface area contributed by atoms with E-state index in [1.165, 1.54) is 11.3 Å². The minimum absolute atomic E-state index is 0.251. The number of rotatable bonds is 3. The van der Waals surface area contributed by atoms with Crippen molar-refractivity contribution in [2.75, 3.05) is 25.1 Å². The Balaban J connectivity index is 1.35. The molecule has 1 aromatic carbocycles. The highest BCUT2D eigenvalue weighted by Gasteiger charge is 2.22. The number of carbonyl (C=O) groups excluding carboxylic acids is 1. The number of nitrogens with one attached hydrogen (secondary N) is 3. The largest absolute Gasteiger partial charge is 0.486 e. The van der Waals surface area contributed by atoms with Crippen LogP contribution in [0.15, 0.2) is 23.6 Å². The second kappa shape index (κ2) is 6.67. The molecular formula is C18H17N5O3S. The van der Waals surface area contributed by atoms with Gasteiger partial charge in [-0.2, -0.15) is 5.10 Å². The lowest BCUT2D eigenvalue weighted by Gasteiger charge is -2.18. The highest BCUT2D eigenvalue weighted by Crippen LogP contribution is 2.35. The summed E-state index contributed by atoms with van der Waals surface area (Å²) in [6.07, 6.45) is 0.848. The van der Waals surface area contributed by atoms with E-state index < -0.39 is 0 Å². The number of ether oxygens (including phenoxy) is 2. The first-order chi connectivity index (χ1) is 13.3. The van der Waals surface area contributed by atoms with Crippen LogP contribution in [0.25, 0.3) is 11.3 Å². The smallest absolute Gasteiger partial charge is 0.278 e. The summed E-state index contributed by atoms with van der Waals surface area (Å²) < 4.78 is 11.2. The molecule has 0 bridgehead atoms. The molecule has 2 aromatic heterocycles. The van der Waals surface area contributed by atoms with E-state index in [0.717, 1.165) is 41.2 Å². The van der Waals surface area contributed by atoms with Crippen LogP contribution in [-0.2, 0) is 13.0 Å². The zero-order valence-corrected chi connectivity index (χ0v) is 15.2. The normalized spacial score (nSPS) is 15.3. The van der Waals surface area contributed by atoms with Gasteiger partial charge in [-0.1, -0.05) is 0 Å². The monoisotopic (exact) mass is 383 g/mol. The Bertz CT molecular complexity index is 1010. The third-order valence-corrected chi connectivity index (χ3v) is 5.34. The molecule has 2 aliphatic heterocycles. The van der Waals surface area contributed by atoms with Crippen molar-refractivity contribution in [3.8, 4) is 22.8 Å². The van der Waals surface area contributed by atoms with E-state index in [0.29, 0.717) is 36.3 Å². The predicted octanol–water partition coefficient (Wildman–Crippen LogP) is 2.20. The van der Waals surface area contributed by atoms with Crippen LogP contribution in [0.4, 0.5) is 5.13 Å². The minimum atomic E-state index is -0.251. The molecule has 0 unspecified atom stereocenters. The Hall–Kier alpha value is -2.91. The first-order valence-electron chi connectivity index (χ1n) is 8.71. The molecule has 3 aromatic rings. The van der Waals surface area contributed by atoms with E-state index in [1.807, 2.05) is 23.6 Å². The van der Waals surface area contributed by atoms with Gasteiger partial charge in [-0.15, -0.1) is 11.3 Å². The van der Waals surface area contributed by atoms with Crippen LogP contribution in [-0.4, -0.2) is 40.8 Å². The molecule has 138 valence electrons. The number of nitrogens with zero attached hydrogens (tertiary/aromatic N) is 2. The third kappa shape index (κ3) is 3.04. The van der Waals surface area contributed by atoms with E-state index in [-0.39, 0.29) is 5.91 Å². The summed E-state index contributed by atoms with van der Waals surface area (Å²) in [5.41, 5.74) is 4.07. The van der Waals surface area contributed by atoms with Crippen LogP contribution >= 0.6 is 11.3 Å². The number of aromatic amines is 1. The fraction of sp³-hybridized carbons (Fsp3) is 0.278. The van der Waals surface area contributed by atoms with Crippen LogP contribution < -0.4 is 20.1 Å². The number of hydrogen-bond acceptors (Lipinski definition) is 7. The highest BCUT2D eigenvalue weighted by atomic mass is 32.1. The van der Waals surface area contributed by atoms with Crippen molar-refractivity contribution >= 4 is 22.4 Å². The Labute approximate surface area is 158 Å². The summed E-state index contributed by atoms with van der Waals surface area (Å²) in [6, 6.07) is 5.72. The van der Waals surface area contributed by atoms with Gasteiger partial charge in [-0.05, 0) is 18.2 Å². The average molecular weight is 383 g/mol. The molecule has 3 N–H and O–H groups in total. The van der Waals surface area contributed by atoms with Crippen molar-refractivity contribution in [1.29, 1.82) is 0 Å².